The van der Waals surface area contributed by atoms with Crippen LogP contribution in [0.2, 0.25) is 0 Å². The summed E-state index contributed by atoms with van der Waals surface area (Å²) in [5, 5.41) is 0. The average Bonchev–Trinajstić information content (AvgIpc) is 2.59. The van der Waals surface area contributed by atoms with Crippen molar-refractivity contribution >= 4 is 16.7 Å². The predicted molar refractivity (Wildman–Crippen MR) is 90.8 cm³/mol. The van der Waals surface area contributed by atoms with Gasteiger partial charge in [0.05, 0.1) is 22.9 Å². The van der Waals surface area contributed by atoms with Gasteiger partial charge in [0.25, 0.3) is 0 Å². The van der Waals surface area contributed by atoms with Crippen LogP contribution in [0.4, 0.5) is 10.1 Å². The van der Waals surface area contributed by atoms with Gasteiger partial charge < -0.3 is 9.64 Å². The number of anilines is 1. The van der Waals surface area contributed by atoms with E-state index in [0.717, 1.165) is 28.0 Å². The van der Waals surface area contributed by atoms with Crippen molar-refractivity contribution in [2.45, 2.75) is 0 Å². The van der Waals surface area contributed by atoms with Gasteiger partial charge >= 0.3 is 0 Å². The van der Waals surface area contributed by atoms with Crippen molar-refractivity contribution in [1.82, 2.24) is 9.97 Å². The fraction of sp³-hybridized carbons (Fsp3) is 0.222. The predicted octanol–water partition coefficient (Wildman–Crippen LogP) is 3.71. The van der Waals surface area contributed by atoms with Crippen LogP contribution < -0.4 is 9.64 Å². The normalized spacial score (nSPS) is 10.7. The highest BCUT2D eigenvalue weighted by Gasteiger charge is 2.05. The van der Waals surface area contributed by atoms with E-state index < -0.39 is 6.67 Å². The number of hydrogen-bond acceptors (Lipinski definition) is 4. The molecule has 0 saturated heterocycles. The molecule has 0 atom stereocenters. The first kappa shape index (κ1) is 15.2. The molecule has 0 N–H and O–H groups in total. The van der Waals surface area contributed by atoms with E-state index in [9.17, 15) is 4.39 Å². The maximum atomic E-state index is 12.2. The molecule has 0 fully saturated rings. The second-order valence-electron chi connectivity index (χ2n) is 5.38. The summed E-state index contributed by atoms with van der Waals surface area (Å²) >= 11 is 0. The summed E-state index contributed by atoms with van der Waals surface area (Å²) in [5.74, 6) is 0.604. The van der Waals surface area contributed by atoms with Crippen molar-refractivity contribution in [2.24, 2.45) is 0 Å². The summed E-state index contributed by atoms with van der Waals surface area (Å²) in [5.41, 5.74) is 4.49. The van der Waals surface area contributed by atoms with Crippen LogP contribution in [0.25, 0.3) is 22.3 Å². The largest absolute Gasteiger partial charge is 0.491 e. The van der Waals surface area contributed by atoms with Crippen molar-refractivity contribution < 1.29 is 9.13 Å². The molecule has 1 aromatic heterocycles. The van der Waals surface area contributed by atoms with Crippen LogP contribution in [-0.2, 0) is 0 Å². The molecule has 0 unspecified atom stereocenters. The number of nitrogens with zero attached hydrogens (tertiary/aromatic N) is 3. The molecule has 118 valence electrons. The standard InChI is InChI=1S/C18H18FN3O/c1-22(2)14-5-3-13(4-6-14)18-12-20-17-11-15(23-10-9-19)7-8-16(17)21-18/h3-8,11-12H,9-10H2,1-2H3/i19-1. The van der Waals surface area contributed by atoms with Crippen LogP contribution in [-0.4, -0.2) is 37.3 Å². The first-order chi connectivity index (χ1) is 11.2. The molecule has 0 aliphatic carbocycles. The van der Waals surface area contributed by atoms with E-state index in [4.69, 9.17) is 4.74 Å². The number of benzene rings is 2. The minimum atomic E-state index is -0.508. The fourth-order valence-electron chi connectivity index (χ4n) is 2.31. The van der Waals surface area contributed by atoms with Crippen molar-refractivity contribution in [3.8, 4) is 17.0 Å². The molecule has 4 nitrogen and oxygen atoms in total. The molecule has 5 heteroatoms. The second kappa shape index (κ2) is 6.60. The maximum absolute atomic E-state index is 12.2. The van der Waals surface area contributed by atoms with Gasteiger partial charge in [-0.2, -0.15) is 0 Å². The summed E-state index contributed by atoms with van der Waals surface area (Å²) in [7, 11) is 4.01. The molecular weight excluding hydrogens is 292 g/mol. The Morgan fingerprint density at radius 3 is 2.52 bits per heavy atom. The van der Waals surface area contributed by atoms with Gasteiger partial charge in [-0.15, -0.1) is 0 Å². The molecule has 0 bridgehead atoms. The highest BCUT2D eigenvalue weighted by Crippen LogP contribution is 2.24. The maximum Gasteiger partial charge on any atom is 0.123 e. The molecule has 0 spiro atoms. The Hall–Kier alpha value is -2.69. The van der Waals surface area contributed by atoms with Gasteiger partial charge in [0.2, 0.25) is 0 Å². The number of aromatic nitrogens is 2. The van der Waals surface area contributed by atoms with Crippen molar-refractivity contribution in [3.05, 3.63) is 48.7 Å². The lowest BCUT2D eigenvalue weighted by molar-refractivity contribution is 0.273. The molecule has 0 aliphatic rings. The van der Waals surface area contributed by atoms with Crippen LogP contribution in [0, 0.1) is 0 Å². The zero-order valence-electron chi connectivity index (χ0n) is 13.2. The van der Waals surface area contributed by atoms with Gasteiger partial charge in [-0.3, -0.25) is 4.98 Å². The molecule has 0 saturated carbocycles. The van der Waals surface area contributed by atoms with Gasteiger partial charge in [-0.05, 0) is 24.3 Å². The zero-order valence-corrected chi connectivity index (χ0v) is 13.2. The Kier molecular flexibility index (Phi) is 4.37. The number of ether oxygens (including phenoxy) is 1. The summed E-state index contributed by atoms with van der Waals surface area (Å²) in [6, 6.07) is 13.6. The Balaban J connectivity index is 1.90. The van der Waals surface area contributed by atoms with Crippen LogP contribution in [0.5, 0.6) is 5.75 Å². The third-order valence-corrected chi connectivity index (χ3v) is 3.54. The van der Waals surface area contributed by atoms with Crippen molar-refractivity contribution in [1.29, 1.82) is 0 Å². The quantitative estimate of drug-likeness (QED) is 0.720. The van der Waals surface area contributed by atoms with E-state index in [2.05, 4.69) is 27.0 Å². The van der Waals surface area contributed by atoms with Crippen molar-refractivity contribution in [2.75, 3.05) is 32.3 Å². The molecule has 0 aliphatic heterocycles. The number of rotatable bonds is 5. The number of halogens is 1. The number of hydrogen-bond donors (Lipinski definition) is 0. The van der Waals surface area contributed by atoms with Gasteiger partial charge in [0.15, 0.2) is 0 Å². The Bertz CT molecular complexity index is 803. The van der Waals surface area contributed by atoms with Crippen LogP contribution in [0.1, 0.15) is 0 Å². The Morgan fingerprint density at radius 2 is 1.83 bits per heavy atom. The summed E-state index contributed by atoms with van der Waals surface area (Å²) in [4.78, 5) is 11.1. The molecule has 1 heterocycles. The SMILES string of the molecule is CN(C)c1ccc(-c2cnc3cc(OCC[18F])ccc3n2)cc1. The smallest absolute Gasteiger partial charge is 0.123 e. The van der Waals surface area contributed by atoms with Crippen molar-refractivity contribution in [3.63, 3.8) is 0 Å². The van der Waals surface area contributed by atoms with E-state index >= 15 is 0 Å². The lowest BCUT2D eigenvalue weighted by Crippen LogP contribution is -2.07. The molecular formula is C18H18FN3O. The fourth-order valence-corrected chi connectivity index (χ4v) is 2.31. The van der Waals surface area contributed by atoms with E-state index in [-0.39, 0.29) is 6.61 Å². The molecule has 3 aromatic rings. The van der Waals surface area contributed by atoms with E-state index in [1.165, 1.54) is 0 Å². The van der Waals surface area contributed by atoms with Gasteiger partial charge in [-0.25, -0.2) is 9.37 Å². The Labute approximate surface area is 134 Å². The lowest BCUT2D eigenvalue weighted by Gasteiger charge is -2.12. The molecule has 23 heavy (non-hydrogen) atoms. The van der Waals surface area contributed by atoms with E-state index in [0.29, 0.717) is 5.75 Å². The summed E-state index contributed by atoms with van der Waals surface area (Å²) in [6.45, 7) is -0.458. The lowest BCUT2D eigenvalue weighted by atomic mass is 10.1. The average molecular weight is 310 g/mol. The summed E-state index contributed by atoms with van der Waals surface area (Å²) < 4.78 is 17.4. The van der Waals surface area contributed by atoms with E-state index in [1.807, 2.05) is 32.3 Å². The monoisotopic (exact) mass is 310 g/mol. The highest BCUT2D eigenvalue weighted by molar-refractivity contribution is 5.78. The van der Waals surface area contributed by atoms with Crippen LogP contribution in [0.3, 0.4) is 0 Å². The first-order valence-electron chi connectivity index (χ1n) is 7.41. The van der Waals surface area contributed by atoms with Gasteiger partial charge in [0.1, 0.15) is 19.0 Å². The second-order valence-corrected chi connectivity index (χ2v) is 5.38. The number of fused-ring (bicyclic) bond motifs is 1. The zero-order chi connectivity index (χ0) is 16.2. The van der Waals surface area contributed by atoms with E-state index in [1.54, 1.807) is 18.3 Å². The first-order valence-corrected chi connectivity index (χ1v) is 7.41. The summed E-state index contributed by atoms with van der Waals surface area (Å²) in [6.07, 6.45) is 1.74. The minimum absolute atomic E-state index is 0.0508. The molecule has 2 aromatic carbocycles. The molecule has 0 radical (unpaired) electrons. The van der Waals surface area contributed by atoms with Crippen LogP contribution >= 0.6 is 0 Å². The highest BCUT2D eigenvalue weighted by atomic mass is 18.2. The number of alkyl halides is 1. The Morgan fingerprint density at radius 1 is 1.04 bits per heavy atom. The third kappa shape index (κ3) is 3.39. The van der Waals surface area contributed by atoms with Crippen LogP contribution in [0.15, 0.2) is 48.7 Å². The van der Waals surface area contributed by atoms with Gasteiger partial charge in [-0.1, -0.05) is 12.1 Å². The molecule has 0 amide bonds. The molecule has 3 rings (SSSR count). The topological polar surface area (TPSA) is 38.2 Å². The minimum Gasteiger partial charge on any atom is -0.491 e. The van der Waals surface area contributed by atoms with Gasteiger partial charge in [0, 0.05) is 31.4 Å². The third-order valence-electron chi connectivity index (χ3n) is 3.54.